The number of nitrogens with zero attached hydrogens (tertiary/aromatic N) is 5. The van der Waals surface area contributed by atoms with Gasteiger partial charge in [-0.15, -0.1) is 0 Å². The first kappa shape index (κ1) is 28.1. The van der Waals surface area contributed by atoms with Crippen LogP contribution in [0.25, 0.3) is 0 Å². The molecule has 5 rings (SSSR count). The summed E-state index contributed by atoms with van der Waals surface area (Å²) in [6.45, 7) is 13.4. The summed E-state index contributed by atoms with van der Waals surface area (Å²) < 4.78 is 10.8. The van der Waals surface area contributed by atoms with Crippen LogP contribution in [0, 0.1) is 5.92 Å². The molecule has 1 saturated heterocycles. The standard InChI is InChI=1S/C30H42N6O4/c1-6-36-26-24(19-39-29(36)38)18-31-27(33-26)32-20(2)22-9-11-23(12-10-22)25(17-21-7-8-21)34-13-15-35(16-14-34)28(37)40-30(3,4)5/h9-12,18,20-21,25H,6-8,13-17,19H2,1-5H3,(H,31,32,33)/t20-,25-/m0/s1. The van der Waals surface area contributed by atoms with Crippen LogP contribution in [0.1, 0.15) is 82.7 Å². The lowest BCUT2D eigenvalue weighted by atomic mass is 9.96. The summed E-state index contributed by atoms with van der Waals surface area (Å²) in [5.41, 5.74) is 2.77. The Kier molecular flexibility index (Phi) is 8.16. The maximum absolute atomic E-state index is 12.5. The normalized spacial score (nSPS) is 19.5. The van der Waals surface area contributed by atoms with Crippen molar-refractivity contribution in [1.82, 2.24) is 19.8 Å². The van der Waals surface area contributed by atoms with E-state index in [0.717, 1.165) is 36.6 Å². The molecular formula is C30H42N6O4. The highest BCUT2D eigenvalue weighted by atomic mass is 16.6. The van der Waals surface area contributed by atoms with Gasteiger partial charge in [-0.25, -0.2) is 14.6 Å². The lowest BCUT2D eigenvalue weighted by Gasteiger charge is -2.40. The predicted molar refractivity (Wildman–Crippen MR) is 153 cm³/mol. The number of hydrogen-bond acceptors (Lipinski definition) is 8. The number of amides is 2. The van der Waals surface area contributed by atoms with E-state index in [1.165, 1.54) is 23.3 Å². The molecule has 0 unspecified atom stereocenters. The lowest BCUT2D eigenvalue weighted by molar-refractivity contribution is 0.00941. The smallest absolute Gasteiger partial charge is 0.415 e. The van der Waals surface area contributed by atoms with Gasteiger partial charge in [0.25, 0.3) is 0 Å². The minimum atomic E-state index is -0.480. The molecule has 3 heterocycles. The zero-order chi connectivity index (χ0) is 28.4. The first-order valence-corrected chi connectivity index (χ1v) is 14.5. The fourth-order valence-electron chi connectivity index (χ4n) is 5.38. The zero-order valence-corrected chi connectivity index (χ0v) is 24.4. The molecule has 0 radical (unpaired) electrons. The van der Waals surface area contributed by atoms with E-state index in [0.29, 0.717) is 37.4 Å². The summed E-state index contributed by atoms with van der Waals surface area (Å²) in [6, 6.07) is 9.16. The van der Waals surface area contributed by atoms with E-state index in [1.54, 1.807) is 6.20 Å². The van der Waals surface area contributed by atoms with Crippen molar-refractivity contribution >= 4 is 24.0 Å². The molecular weight excluding hydrogens is 508 g/mol. The third-order valence-electron chi connectivity index (χ3n) is 7.81. The highest BCUT2D eigenvalue weighted by molar-refractivity contribution is 5.89. The van der Waals surface area contributed by atoms with Gasteiger partial charge in [-0.3, -0.25) is 9.80 Å². The molecule has 3 aliphatic rings. The van der Waals surface area contributed by atoms with Crippen molar-refractivity contribution in [3.8, 4) is 0 Å². The monoisotopic (exact) mass is 550 g/mol. The molecule has 2 aliphatic heterocycles. The highest BCUT2D eigenvalue weighted by Gasteiger charge is 2.33. The van der Waals surface area contributed by atoms with Crippen LogP contribution < -0.4 is 10.2 Å². The molecule has 10 nitrogen and oxygen atoms in total. The molecule has 2 fully saturated rings. The van der Waals surface area contributed by atoms with Gasteiger partial charge in [0.1, 0.15) is 18.0 Å². The van der Waals surface area contributed by atoms with Crippen LogP contribution in [0.3, 0.4) is 0 Å². The van der Waals surface area contributed by atoms with Crippen molar-refractivity contribution in [3.63, 3.8) is 0 Å². The molecule has 0 spiro atoms. The van der Waals surface area contributed by atoms with E-state index in [9.17, 15) is 9.59 Å². The Bertz CT molecular complexity index is 1200. The molecule has 1 saturated carbocycles. The molecule has 1 aromatic carbocycles. The fraction of sp³-hybridized carbons (Fsp3) is 0.600. The number of cyclic esters (lactones) is 1. The Balaban J connectivity index is 1.23. The highest BCUT2D eigenvalue weighted by Crippen LogP contribution is 2.40. The van der Waals surface area contributed by atoms with Crippen molar-refractivity contribution in [1.29, 1.82) is 0 Å². The van der Waals surface area contributed by atoms with Crippen molar-refractivity contribution in [3.05, 3.63) is 47.2 Å². The molecule has 1 aliphatic carbocycles. The molecule has 216 valence electrons. The quantitative estimate of drug-likeness (QED) is 0.459. The number of piperazine rings is 1. The van der Waals surface area contributed by atoms with Gasteiger partial charge in [0.2, 0.25) is 5.95 Å². The van der Waals surface area contributed by atoms with Gasteiger partial charge in [0, 0.05) is 45.0 Å². The number of carbonyl (C=O) groups excluding carboxylic acids is 2. The average Bonchev–Trinajstić information content (AvgIpc) is 3.75. The van der Waals surface area contributed by atoms with Gasteiger partial charge < -0.3 is 19.7 Å². The van der Waals surface area contributed by atoms with Crippen molar-refractivity contribution < 1.29 is 19.1 Å². The molecule has 2 atom stereocenters. The third-order valence-corrected chi connectivity index (χ3v) is 7.81. The number of rotatable bonds is 8. The zero-order valence-electron chi connectivity index (χ0n) is 24.4. The first-order chi connectivity index (χ1) is 19.1. The van der Waals surface area contributed by atoms with E-state index in [1.807, 2.05) is 32.6 Å². The largest absolute Gasteiger partial charge is 0.444 e. The summed E-state index contributed by atoms with van der Waals surface area (Å²) in [4.78, 5) is 39.6. The Morgan fingerprint density at radius 1 is 1.12 bits per heavy atom. The SMILES string of the molecule is CCN1C(=O)OCc2cnc(N[C@@H](C)c3ccc([C@H](CC4CC4)N4CCN(C(=O)OC(C)(C)C)CC4)cc3)nc21. The fourth-order valence-corrected chi connectivity index (χ4v) is 5.38. The van der Waals surface area contributed by atoms with Crippen LogP contribution in [-0.2, 0) is 16.1 Å². The number of ether oxygens (including phenoxy) is 2. The van der Waals surface area contributed by atoms with Gasteiger partial charge in [-0.1, -0.05) is 37.1 Å². The Morgan fingerprint density at radius 2 is 1.80 bits per heavy atom. The topological polar surface area (TPSA) is 100 Å². The number of aromatic nitrogens is 2. The average molecular weight is 551 g/mol. The second-order valence-corrected chi connectivity index (χ2v) is 12.1. The van der Waals surface area contributed by atoms with Crippen molar-refractivity contribution in [2.45, 2.75) is 78.2 Å². The molecule has 1 N–H and O–H groups in total. The first-order valence-electron chi connectivity index (χ1n) is 14.5. The molecule has 2 amide bonds. The van der Waals surface area contributed by atoms with Gasteiger partial charge in [0.05, 0.1) is 11.6 Å². The Morgan fingerprint density at radius 3 is 2.42 bits per heavy atom. The van der Waals surface area contributed by atoms with Gasteiger partial charge in [-0.2, -0.15) is 4.98 Å². The lowest BCUT2D eigenvalue weighted by Crippen LogP contribution is -2.50. The number of carbonyl (C=O) groups is 2. The van der Waals surface area contributed by atoms with Crippen LogP contribution in [0.4, 0.5) is 21.4 Å². The van der Waals surface area contributed by atoms with E-state index < -0.39 is 5.60 Å². The molecule has 40 heavy (non-hydrogen) atoms. The summed E-state index contributed by atoms with van der Waals surface area (Å²) in [7, 11) is 0. The maximum atomic E-state index is 12.5. The maximum Gasteiger partial charge on any atom is 0.415 e. The number of anilines is 2. The van der Waals surface area contributed by atoms with E-state index in [4.69, 9.17) is 9.47 Å². The molecule has 10 heteroatoms. The second-order valence-electron chi connectivity index (χ2n) is 12.1. The summed E-state index contributed by atoms with van der Waals surface area (Å²) in [5.74, 6) is 1.88. The van der Waals surface area contributed by atoms with Crippen LogP contribution >= 0.6 is 0 Å². The number of benzene rings is 1. The van der Waals surface area contributed by atoms with Crippen LogP contribution in [-0.4, -0.2) is 70.3 Å². The van der Waals surface area contributed by atoms with Gasteiger partial charge in [-0.05, 0) is 58.1 Å². The Labute approximate surface area is 237 Å². The molecule has 1 aromatic heterocycles. The van der Waals surface area contributed by atoms with E-state index in [-0.39, 0.29) is 24.8 Å². The van der Waals surface area contributed by atoms with Crippen LogP contribution in [0.5, 0.6) is 0 Å². The van der Waals surface area contributed by atoms with Crippen molar-refractivity contribution in [2.75, 3.05) is 42.9 Å². The third kappa shape index (κ3) is 6.66. The predicted octanol–water partition coefficient (Wildman–Crippen LogP) is 5.52. The van der Waals surface area contributed by atoms with Crippen LogP contribution in [0.15, 0.2) is 30.5 Å². The molecule has 2 aromatic rings. The Hall–Kier alpha value is -3.40. The summed E-state index contributed by atoms with van der Waals surface area (Å²) >= 11 is 0. The summed E-state index contributed by atoms with van der Waals surface area (Å²) in [6.07, 6.45) is 4.89. The summed E-state index contributed by atoms with van der Waals surface area (Å²) in [5, 5.41) is 3.39. The number of fused-ring (bicyclic) bond motifs is 1. The van der Waals surface area contributed by atoms with Gasteiger partial charge in [0.15, 0.2) is 0 Å². The van der Waals surface area contributed by atoms with Crippen LogP contribution in [0.2, 0.25) is 0 Å². The minimum Gasteiger partial charge on any atom is -0.444 e. The number of hydrogen-bond donors (Lipinski definition) is 1. The number of nitrogens with one attached hydrogen (secondary N) is 1. The van der Waals surface area contributed by atoms with E-state index in [2.05, 4.69) is 51.4 Å². The van der Waals surface area contributed by atoms with Gasteiger partial charge >= 0.3 is 12.2 Å². The second kappa shape index (κ2) is 11.6. The van der Waals surface area contributed by atoms with E-state index >= 15 is 0 Å². The minimum absolute atomic E-state index is 0.0167. The van der Waals surface area contributed by atoms with Crippen molar-refractivity contribution in [2.24, 2.45) is 5.92 Å². The molecule has 0 bridgehead atoms.